The van der Waals surface area contributed by atoms with Crippen LogP contribution in [0.1, 0.15) is 10.4 Å². The lowest BCUT2D eigenvalue weighted by molar-refractivity contribution is -0.384. The van der Waals surface area contributed by atoms with Crippen molar-refractivity contribution in [1.82, 2.24) is 4.98 Å². The lowest BCUT2D eigenvalue weighted by atomic mass is 10.2. The van der Waals surface area contributed by atoms with Gasteiger partial charge in [0.25, 0.3) is 11.6 Å². The van der Waals surface area contributed by atoms with E-state index in [1.165, 1.54) is 24.3 Å². The smallest absolute Gasteiger partial charge is 0.269 e. The van der Waals surface area contributed by atoms with E-state index in [0.29, 0.717) is 11.4 Å². The highest BCUT2D eigenvalue weighted by atomic mass is 127. The number of benzene rings is 1. The Hall–Kier alpha value is -1.74. The van der Waals surface area contributed by atoms with Gasteiger partial charge in [-0.25, -0.2) is 4.98 Å². The van der Waals surface area contributed by atoms with Gasteiger partial charge in [0.05, 0.1) is 8.49 Å². The molecule has 102 valence electrons. The SMILES string of the molecule is O=C(Nc1nc(Cl)ccc1I)c1ccc([N+](=O)[O-])cc1. The summed E-state index contributed by atoms with van der Waals surface area (Å²) >= 11 is 7.78. The summed E-state index contributed by atoms with van der Waals surface area (Å²) in [6.07, 6.45) is 0. The lowest BCUT2D eigenvalue weighted by Gasteiger charge is -2.06. The molecule has 0 bridgehead atoms. The monoisotopic (exact) mass is 403 g/mol. The molecule has 0 aliphatic rings. The van der Waals surface area contributed by atoms with Gasteiger partial charge in [-0.2, -0.15) is 0 Å². The average molecular weight is 404 g/mol. The fourth-order valence-electron chi connectivity index (χ4n) is 1.42. The fourth-order valence-corrected chi connectivity index (χ4v) is 2.00. The van der Waals surface area contributed by atoms with Crippen LogP contribution in [0.15, 0.2) is 36.4 Å². The zero-order chi connectivity index (χ0) is 14.7. The summed E-state index contributed by atoms with van der Waals surface area (Å²) in [4.78, 5) is 26.0. The average Bonchev–Trinajstić information content (AvgIpc) is 2.43. The van der Waals surface area contributed by atoms with Crippen LogP contribution in [0.4, 0.5) is 11.5 Å². The van der Waals surface area contributed by atoms with Gasteiger partial charge in [-0.05, 0) is 46.9 Å². The van der Waals surface area contributed by atoms with E-state index in [0.717, 1.165) is 3.57 Å². The minimum Gasteiger partial charge on any atom is -0.306 e. The second-order valence-electron chi connectivity index (χ2n) is 3.72. The van der Waals surface area contributed by atoms with Crippen LogP contribution in [-0.2, 0) is 0 Å². The third-order valence-corrected chi connectivity index (χ3v) is 3.47. The highest BCUT2D eigenvalue weighted by Gasteiger charge is 2.12. The number of aromatic nitrogens is 1. The number of hydrogen-bond acceptors (Lipinski definition) is 4. The second-order valence-corrected chi connectivity index (χ2v) is 5.27. The van der Waals surface area contributed by atoms with Crippen LogP contribution in [0, 0.1) is 13.7 Å². The first kappa shape index (κ1) is 14.7. The maximum atomic E-state index is 12.0. The van der Waals surface area contributed by atoms with Crippen LogP contribution in [0.2, 0.25) is 5.15 Å². The van der Waals surface area contributed by atoms with Gasteiger partial charge in [-0.3, -0.25) is 14.9 Å². The highest BCUT2D eigenvalue weighted by molar-refractivity contribution is 14.1. The predicted molar refractivity (Wildman–Crippen MR) is 83.0 cm³/mol. The number of hydrogen-bond donors (Lipinski definition) is 1. The molecule has 1 aromatic heterocycles. The van der Waals surface area contributed by atoms with Crippen LogP contribution in [0.3, 0.4) is 0 Å². The van der Waals surface area contributed by atoms with E-state index in [4.69, 9.17) is 11.6 Å². The third kappa shape index (κ3) is 3.42. The molecule has 1 heterocycles. The first-order chi connectivity index (χ1) is 9.47. The van der Waals surface area contributed by atoms with Crippen molar-refractivity contribution >= 4 is 51.6 Å². The highest BCUT2D eigenvalue weighted by Crippen LogP contribution is 2.19. The standard InChI is InChI=1S/C12H7ClIN3O3/c13-10-6-5-9(14)11(15-10)16-12(18)7-1-3-8(4-2-7)17(19)20/h1-6H,(H,15,16,18). The molecule has 0 fully saturated rings. The van der Waals surface area contributed by atoms with Gasteiger partial charge in [0.1, 0.15) is 11.0 Å². The number of non-ortho nitro benzene ring substituents is 1. The van der Waals surface area contributed by atoms with Crippen LogP contribution in [0.5, 0.6) is 0 Å². The molecule has 1 N–H and O–H groups in total. The summed E-state index contributed by atoms with van der Waals surface area (Å²) in [6, 6.07) is 8.64. The molecule has 0 spiro atoms. The van der Waals surface area contributed by atoms with Crippen LogP contribution in [0.25, 0.3) is 0 Å². The van der Waals surface area contributed by atoms with Crippen molar-refractivity contribution in [3.63, 3.8) is 0 Å². The molecule has 2 aromatic rings. The third-order valence-electron chi connectivity index (χ3n) is 2.38. The number of anilines is 1. The van der Waals surface area contributed by atoms with E-state index in [2.05, 4.69) is 10.3 Å². The molecule has 0 saturated heterocycles. The first-order valence-electron chi connectivity index (χ1n) is 5.35. The Labute approximate surface area is 132 Å². The Morgan fingerprint density at radius 2 is 1.90 bits per heavy atom. The molecular weight excluding hydrogens is 397 g/mol. The summed E-state index contributed by atoms with van der Waals surface area (Å²) in [6.45, 7) is 0. The Morgan fingerprint density at radius 1 is 1.25 bits per heavy atom. The Kier molecular flexibility index (Phi) is 4.50. The summed E-state index contributed by atoms with van der Waals surface area (Å²) < 4.78 is 0.738. The number of nitro groups is 1. The number of amides is 1. The van der Waals surface area contributed by atoms with E-state index in [1.54, 1.807) is 12.1 Å². The van der Waals surface area contributed by atoms with Crippen molar-refractivity contribution in [3.05, 3.63) is 60.8 Å². The van der Waals surface area contributed by atoms with Crippen molar-refractivity contribution in [2.24, 2.45) is 0 Å². The zero-order valence-corrected chi connectivity index (χ0v) is 12.8. The van der Waals surface area contributed by atoms with Gasteiger partial charge in [-0.1, -0.05) is 11.6 Å². The van der Waals surface area contributed by atoms with E-state index in [-0.39, 0.29) is 10.8 Å². The maximum absolute atomic E-state index is 12.0. The molecule has 0 unspecified atom stereocenters. The first-order valence-corrected chi connectivity index (χ1v) is 6.81. The quantitative estimate of drug-likeness (QED) is 0.368. The van der Waals surface area contributed by atoms with Gasteiger partial charge in [0, 0.05) is 17.7 Å². The molecule has 0 aliphatic heterocycles. The van der Waals surface area contributed by atoms with Crippen molar-refractivity contribution in [2.45, 2.75) is 0 Å². The normalized spacial score (nSPS) is 10.1. The number of rotatable bonds is 3. The van der Waals surface area contributed by atoms with E-state index in [9.17, 15) is 14.9 Å². The summed E-state index contributed by atoms with van der Waals surface area (Å²) in [7, 11) is 0. The molecule has 20 heavy (non-hydrogen) atoms. The maximum Gasteiger partial charge on any atom is 0.269 e. The van der Waals surface area contributed by atoms with Gasteiger partial charge < -0.3 is 5.32 Å². The number of nitrogens with one attached hydrogen (secondary N) is 1. The van der Waals surface area contributed by atoms with E-state index < -0.39 is 10.8 Å². The van der Waals surface area contributed by atoms with Crippen molar-refractivity contribution in [2.75, 3.05) is 5.32 Å². The Bertz CT molecular complexity index is 676. The minimum absolute atomic E-state index is 0.0722. The molecule has 6 nitrogen and oxygen atoms in total. The van der Waals surface area contributed by atoms with Gasteiger partial charge in [0.2, 0.25) is 0 Å². The molecule has 0 aliphatic carbocycles. The van der Waals surface area contributed by atoms with Crippen molar-refractivity contribution in [3.8, 4) is 0 Å². The van der Waals surface area contributed by atoms with Gasteiger partial charge >= 0.3 is 0 Å². The topological polar surface area (TPSA) is 85.1 Å². The van der Waals surface area contributed by atoms with Crippen molar-refractivity contribution in [1.29, 1.82) is 0 Å². The molecule has 0 radical (unpaired) electrons. The van der Waals surface area contributed by atoms with Crippen LogP contribution >= 0.6 is 34.2 Å². The van der Waals surface area contributed by atoms with Gasteiger partial charge in [0.15, 0.2) is 0 Å². The van der Waals surface area contributed by atoms with E-state index >= 15 is 0 Å². The molecule has 0 atom stereocenters. The number of pyridine rings is 1. The fraction of sp³-hybridized carbons (Fsp3) is 0. The summed E-state index contributed by atoms with van der Waals surface area (Å²) in [5, 5.41) is 13.4. The van der Waals surface area contributed by atoms with Crippen LogP contribution < -0.4 is 5.32 Å². The molecule has 1 aromatic carbocycles. The zero-order valence-electron chi connectivity index (χ0n) is 9.84. The molecule has 8 heteroatoms. The van der Waals surface area contributed by atoms with Crippen LogP contribution in [-0.4, -0.2) is 15.8 Å². The predicted octanol–water partition coefficient (Wildman–Crippen LogP) is 3.50. The largest absolute Gasteiger partial charge is 0.306 e. The van der Waals surface area contributed by atoms with Gasteiger partial charge in [-0.15, -0.1) is 0 Å². The number of carbonyl (C=O) groups is 1. The Balaban J connectivity index is 2.19. The number of carbonyl (C=O) groups excluding carboxylic acids is 1. The summed E-state index contributed by atoms with van der Waals surface area (Å²) in [5.41, 5.74) is 0.227. The minimum atomic E-state index is -0.525. The Morgan fingerprint density at radius 3 is 2.50 bits per heavy atom. The lowest BCUT2D eigenvalue weighted by Crippen LogP contribution is -2.14. The number of halogens is 2. The number of nitrogens with zero attached hydrogens (tertiary/aromatic N) is 2. The summed E-state index contributed by atoms with van der Waals surface area (Å²) in [5.74, 6) is -0.0611. The molecule has 1 amide bonds. The second kappa shape index (κ2) is 6.14. The molecule has 2 rings (SSSR count). The number of nitro benzene ring substituents is 1. The molecule has 0 saturated carbocycles. The molecular formula is C12H7ClIN3O3. The van der Waals surface area contributed by atoms with E-state index in [1.807, 2.05) is 22.6 Å². The van der Waals surface area contributed by atoms with Crippen molar-refractivity contribution < 1.29 is 9.72 Å².